The minimum atomic E-state index is -0.0577. The van der Waals surface area contributed by atoms with E-state index in [2.05, 4.69) is 0 Å². The van der Waals surface area contributed by atoms with E-state index in [1.165, 1.54) is 7.11 Å². The molecule has 0 saturated carbocycles. The van der Waals surface area contributed by atoms with Crippen molar-refractivity contribution >= 4 is 5.78 Å². The van der Waals surface area contributed by atoms with Crippen molar-refractivity contribution in [2.24, 2.45) is 5.73 Å². The molecular formula is C11H13NO4. The quantitative estimate of drug-likeness (QED) is 0.770. The predicted octanol–water partition coefficient (Wildman–Crippen LogP) is 0.955. The number of methoxy groups -OCH3 is 1. The Labute approximate surface area is 93.1 Å². The first-order valence-electron chi connectivity index (χ1n) is 4.97. The standard InChI is InChI=1S/C11H13NO4/c1-14-10-7(8(13)4-5-12)2-3-9-11(10)16-6-15-9/h2-3H,4-6,12H2,1H3. The minimum absolute atomic E-state index is 0.0577. The van der Waals surface area contributed by atoms with E-state index >= 15 is 0 Å². The number of rotatable bonds is 4. The maximum absolute atomic E-state index is 11.8. The van der Waals surface area contributed by atoms with Crippen molar-refractivity contribution in [3.8, 4) is 17.2 Å². The normalized spacial score (nSPS) is 12.6. The Morgan fingerprint density at radius 1 is 1.50 bits per heavy atom. The molecule has 5 nitrogen and oxygen atoms in total. The molecule has 0 saturated heterocycles. The molecule has 86 valence electrons. The summed E-state index contributed by atoms with van der Waals surface area (Å²) in [6, 6.07) is 3.37. The third-order valence-corrected chi connectivity index (χ3v) is 2.37. The first-order chi connectivity index (χ1) is 7.77. The van der Waals surface area contributed by atoms with Crippen molar-refractivity contribution in [1.82, 2.24) is 0 Å². The van der Waals surface area contributed by atoms with Gasteiger partial charge in [0.05, 0.1) is 12.7 Å². The molecule has 0 bridgehead atoms. The number of benzene rings is 1. The number of ketones is 1. The number of Topliss-reactive ketones (excluding diaryl/α,β-unsaturated/α-hetero) is 1. The molecule has 16 heavy (non-hydrogen) atoms. The highest BCUT2D eigenvalue weighted by atomic mass is 16.7. The molecule has 2 rings (SSSR count). The van der Waals surface area contributed by atoms with E-state index in [1.807, 2.05) is 0 Å². The monoisotopic (exact) mass is 223 g/mol. The minimum Gasteiger partial charge on any atom is -0.492 e. The lowest BCUT2D eigenvalue weighted by Gasteiger charge is -2.09. The van der Waals surface area contributed by atoms with Crippen molar-refractivity contribution in [2.45, 2.75) is 6.42 Å². The topological polar surface area (TPSA) is 70.8 Å². The zero-order chi connectivity index (χ0) is 11.5. The smallest absolute Gasteiger partial charge is 0.231 e. The number of hydrogen-bond donors (Lipinski definition) is 1. The van der Waals surface area contributed by atoms with Crippen LogP contribution in [0.5, 0.6) is 17.2 Å². The van der Waals surface area contributed by atoms with Gasteiger partial charge >= 0.3 is 0 Å². The third-order valence-electron chi connectivity index (χ3n) is 2.37. The Morgan fingerprint density at radius 3 is 3.00 bits per heavy atom. The molecule has 2 N–H and O–H groups in total. The van der Waals surface area contributed by atoms with Crippen molar-refractivity contribution in [2.75, 3.05) is 20.4 Å². The molecule has 0 atom stereocenters. The number of ether oxygens (including phenoxy) is 3. The van der Waals surface area contributed by atoms with Crippen LogP contribution in [0.15, 0.2) is 12.1 Å². The van der Waals surface area contributed by atoms with Crippen molar-refractivity contribution in [3.05, 3.63) is 17.7 Å². The Hall–Kier alpha value is -1.75. The highest BCUT2D eigenvalue weighted by Crippen LogP contribution is 2.43. The Kier molecular flexibility index (Phi) is 2.96. The van der Waals surface area contributed by atoms with Crippen LogP contribution in [0.4, 0.5) is 0 Å². The predicted molar refractivity (Wildman–Crippen MR) is 57.1 cm³/mol. The lowest BCUT2D eigenvalue weighted by atomic mass is 10.1. The van der Waals surface area contributed by atoms with Gasteiger partial charge in [0.15, 0.2) is 17.3 Å². The van der Waals surface area contributed by atoms with Crippen molar-refractivity contribution in [3.63, 3.8) is 0 Å². The summed E-state index contributed by atoms with van der Waals surface area (Å²) >= 11 is 0. The van der Waals surface area contributed by atoms with Gasteiger partial charge in [-0.2, -0.15) is 0 Å². The molecule has 1 aromatic carbocycles. The van der Waals surface area contributed by atoms with Crippen molar-refractivity contribution in [1.29, 1.82) is 0 Å². The lowest BCUT2D eigenvalue weighted by Crippen LogP contribution is -2.09. The highest BCUT2D eigenvalue weighted by molar-refractivity contribution is 6.00. The summed E-state index contributed by atoms with van der Waals surface area (Å²) < 4.78 is 15.6. The average Bonchev–Trinajstić information content (AvgIpc) is 2.75. The highest BCUT2D eigenvalue weighted by Gasteiger charge is 2.24. The van der Waals surface area contributed by atoms with Crippen LogP contribution in [0.3, 0.4) is 0 Å². The van der Waals surface area contributed by atoms with Crippen LogP contribution in [0.25, 0.3) is 0 Å². The maximum atomic E-state index is 11.8. The second-order valence-electron chi connectivity index (χ2n) is 3.34. The van der Waals surface area contributed by atoms with Crippen LogP contribution >= 0.6 is 0 Å². The van der Waals surface area contributed by atoms with E-state index in [4.69, 9.17) is 19.9 Å². The molecule has 0 spiro atoms. The number of carbonyl (C=O) groups is 1. The van der Waals surface area contributed by atoms with Crippen molar-refractivity contribution < 1.29 is 19.0 Å². The molecule has 0 aliphatic carbocycles. The van der Waals surface area contributed by atoms with E-state index in [9.17, 15) is 4.79 Å². The summed E-state index contributed by atoms with van der Waals surface area (Å²) in [6.07, 6.45) is 0.288. The number of fused-ring (bicyclic) bond motifs is 1. The Morgan fingerprint density at radius 2 is 2.31 bits per heavy atom. The molecule has 0 amide bonds. The number of nitrogens with two attached hydrogens (primary N) is 1. The van der Waals surface area contributed by atoms with Crippen LogP contribution in [-0.2, 0) is 0 Å². The van der Waals surface area contributed by atoms with Gasteiger partial charge in [0.2, 0.25) is 12.5 Å². The molecule has 0 aromatic heterocycles. The van der Waals surface area contributed by atoms with Gasteiger partial charge in [-0.3, -0.25) is 4.79 Å². The van der Waals surface area contributed by atoms with E-state index < -0.39 is 0 Å². The molecule has 1 aromatic rings. The summed E-state index contributed by atoms with van der Waals surface area (Å²) in [4.78, 5) is 11.8. The fraction of sp³-hybridized carbons (Fsp3) is 0.364. The van der Waals surface area contributed by atoms with Crippen LogP contribution in [-0.4, -0.2) is 26.2 Å². The average molecular weight is 223 g/mol. The third kappa shape index (κ3) is 1.69. The van der Waals surface area contributed by atoms with E-state index in [0.717, 1.165) is 0 Å². The second-order valence-corrected chi connectivity index (χ2v) is 3.34. The number of carbonyl (C=O) groups excluding carboxylic acids is 1. The Balaban J connectivity index is 2.42. The summed E-state index contributed by atoms with van der Waals surface area (Å²) in [5.74, 6) is 1.46. The first kappa shape index (κ1) is 10.8. The van der Waals surface area contributed by atoms with Gasteiger partial charge in [0.1, 0.15) is 0 Å². The van der Waals surface area contributed by atoms with Crippen LogP contribution in [0, 0.1) is 0 Å². The summed E-state index contributed by atoms with van der Waals surface area (Å²) in [5, 5.41) is 0. The van der Waals surface area contributed by atoms with Crippen LogP contribution < -0.4 is 19.9 Å². The largest absolute Gasteiger partial charge is 0.492 e. The molecule has 1 aliphatic heterocycles. The fourth-order valence-electron chi connectivity index (χ4n) is 1.63. The summed E-state index contributed by atoms with van der Waals surface area (Å²) in [6.45, 7) is 0.469. The van der Waals surface area contributed by atoms with Gasteiger partial charge in [0.25, 0.3) is 0 Å². The van der Waals surface area contributed by atoms with Gasteiger partial charge < -0.3 is 19.9 Å². The van der Waals surface area contributed by atoms with E-state index in [0.29, 0.717) is 29.4 Å². The van der Waals surface area contributed by atoms with Gasteiger partial charge in [-0.1, -0.05) is 0 Å². The molecule has 1 aliphatic rings. The summed E-state index contributed by atoms with van der Waals surface area (Å²) in [7, 11) is 1.50. The van der Waals surface area contributed by atoms with Crippen LogP contribution in [0.1, 0.15) is 16.8 Å². The SMILES string of the molecule is COc1c(C(=O)CCN)ccc2c1OCO2. The van der Waals surface area contributed by atoms with Gasteiger partial charge in [-0.25, -0.2) is 0 Å². The van der Waals surface area contributed by atoms with Crippen LogP contribution in [0.2, 0.25) is 0 Å². The van der Waals surface area contributed by atoms with Gasteiger partial charge in [-0.15, -0.1) is 0 Å². The zero-order valence-corrected chi connectivity index (χ0v) is 8.99. The second kappa shape index (κ2) is 4.40. The molecule has 1 heterocycles. The van der Waals surface area contributed by atoms with Gasteiger partial charge in [0, 0.05) is 6.42 Å². The molecule has 0 fully saturated rings. The lowest BCUT2D eigenvalue weighted by molar-refractivity contribution is 0.0981. The molecule has 5 heteroatoms. The fourth-order valence-corrected chi connectivity index (χ4v) is 1.63. The molecule has 0 radical (unpaired) electrons. The maximum Gasteiger partial charge on any atom is 0.231 e. The molecule has 0 unspecified atom stereocenters. The molecular weight excluding hydrogens is 210 g/mol. The van der Waals surface area contributed by atoms with E-state index in [1.54, 1.807) is 12.1 Å². The van der Waals surface area contributed by atoms with Gasteiger partial charge in [-0.05, 0) is 18.7 Å². The summed E-state index contributed by atoms with van der Waals surface area (Å²) in [5.41, 5.74) is 5.84. The van der Waals surface area contributed by atoms with E-state index in [-0.39, 0.29) is 19.0 Å². The zero-order valence-electron chi connectivity index (χ0n) is 8.99. The first-order valence-corrected chi connectivity index (χ1v) is 4.97. The number of hydrogen-bond acceptors (Lipinski definition) is 5. The Bertz CT molecular complexity index is 417.